The zero-order chi connectivity index (χ0) is 18.7. The molecule has 1 amide bonds. The van der Waals surface area contributed by atoms with Gasteiger partial charge < -0.3 is 9.64 Å². The molecule has 2 atom stereocenters. The Labute approximate surface area is 155 Å². The van der Waals surface area contributed by atoms with Gasteiger partial charge in [0.05, 0.1) is 12.5 Å². The summed E-state index contributed by atoms with van der Waals surface area (Å²) in [6.07, 6.45) is 0.361. The molecule has 2 aromatic rings. The number of carbonyl (C=O) groups is 2. The van der Waals surface area contributed by atoms with Gasteiger partial charge in [-0.1, -0.05) is 60.1 Å². The zero-order valence-corrected chi connectivity index (χ0v) is 15.1. The van der Waals surface area contributed by atoms with Crippen molar-refractivity contribution in [3.8, 4) is 0 Å². The summed E-state index contributed by atoms with van der Waals surface area (Å²) in [6, 6.07) is 16.9. The fourth-order valence-corrected chi connectivity index (χ4v) is 3.55. The van der Waals surface area contributed by atoms with E-state index in [-0.39, 0.29) is 18.2 Å². The Bertz CT molecular complexity index is 791. The number of hydrogen-bond acceptors (Lipinski definition) is 3. The van der Waals surface area contributed by atoms with Crippen LogP contribution in [0.4, 0.5) is 4.79 Å². The molecule has 1 heterocycles. The van der Waals surface area contributed by atoms with Crippen LogP contribution in [0.25, 0.3) is 0 Å². The molecule has 26 heavy (non-hydrogen) atoms. The molecule has 1 aliphatic rings. The lowest BCUT2D eigenvalue weighted by Crippen LogP contribution is -2.49. The van der Waals surface area contributed by atoms with E-state index in [4.69, 9.17) is 12.6 Å². The molecule has 132 valence electrons. The summed E-state index contributed by atoms with van der Waals surface area (Å²) in [7, 11) is 5.74. The zero-order valence-electron chi connectivity index (χ0n) is 15.1. The van der Waals surface area contributed by atoms with Gasteiger partial charge in [-0.15, -0.1) is 0 Å². The number of cyclic esters (lactones) is 1. The SMILES string of the molecule is [B]c1ccc([C@H](C)N2CC[C@](CC(C)=O)(c3ccccc3)OC2=O)cc1. The van der Waals surface area contributed by atoms with E-state index in [2.05, 4.69) is 0 Å². The average molecular weight is 347 g/mol. The molecule has 0 saturated carbocycles. The molecule has 1 aliphatic heterocycles. The Morgan fingerprint density at radius 3 is 2.42 bits per heavy atom. The summed E-state index contributed by atoms with van der Waals surface area (Å²) in [5, 5.41) is 0. The molecule has 0 unspecified atom stereocenters. The largest absolute Gasteiger partial charge is 0.437 e. The second-order valence-corrected chi connectivity index (χ2v) is 6.89. The quantitative estimate of drug-likeness (QED) is 0.780. The van der Waals surface area contributed by atoms with Crippen molar-refractivity contribution in [2.45, 2.75) is 38.3 Å². The molecule has 2 radical (unpaired) electrons. The molecule has 0 bridgehead atoms. The number of carbonyl (C=O) groups excluding carboxylic acids is 2. The summed E-state index contributed by atoms with van der Waals surface area (Å²) < 4.78 is 5.89. The third-order valence-electron chi connectivity index (χ3n) is 4.99. The van der Waals surface area contributed by atoms with Gasteiger partial charge in [-0.25, -0.2) is 4.79 Å². The van der Waals surface area contributed by atoms with Gasteiger partial charge in [0.15, 0.2) is 0 Å². The van der Waals surface area contributed by atoms with Gasteiger partial charge >= 0.3 is 6.09 Å². The van der Waals surface area contributed by atoms with Crippen LogP contribution in [0.3, 0.4) is 0 Å². The van der Waals surface area contributed by atoms with Crippen molar-refractivity contribution in [2.24, 2.45) is 0 Å². The minimum atomic E-state index is -0.887. The van der Waals surface area contributed by atoms with E-state index >= 15 is 0 Å². The maximum atomic E-state index is 12.8. The number of rotatable bonds is 5. The summed E-state index contributed by atoms with van der Waals surface area (Å²) in [4.78, 5) is 26.4. The van der Waals surface area contributed by atoms with Crippen molar-refractivity contribution in [2.75, 3.05) is 6.54 Å². The number of Topliss-reactive ketones (excluding diaryl/α,β-unsaturated/α-hetero) is 1. The summed E-state index contributed by atoms with van der Waals surface area (Å²) in [5.74, 6) is 0.00156. The van der Waals surface area contributed by atoms with Crippen LogP contribution in [-0.4, -0.2) is 31.2 Å². The molecule has 5 heteroatoms. The summed E-state index contributed by atoms with van der Waals surface area (Å²) >= 11 is 0. The molecular formula is C21H22BNO3. The van der Waals surface area contributed by atoms with Crippen LogP contribution in [-0.2, 0) is 15.1 Å². The van der Waals surface area contributed by atoms with Crippen LogP contribution in [0.2, 0.25) is 0 Å². The standard InChI is InChI=1S/C21H22BNO3/c1-15(24)14-21(18-6-4-3-5-7-18)12-13-23(20(25)26-21)16(2)17-8-10-19(22)11-9-17/h3-11,16H,12-14H2,1-2H3/t16-,21-/m0/s1. The lowest BCUT2D eigenvalue weighted by molar-refractivity contribution is -0.126. The van der Waals surface area contributed by atoms with Gasteiger partial charge in [-0.05, 0) is 25.0 Å². The molecule has 0 aromatic heterocycles. The number of amides is 1. The molecule has 1 fully saturated rings. The third kappa shape index (κ3) is 3.67. The average Bonchev–Trinajstić information content (AvgIpc) is 2.62. The van der Waals surface area contributed by atoms with Crippen molar-refractivity contribution in [1.29, 1.82) is 0 Å². The van der Waals surface area contributed by atoms with Gasteiger partial charge in [-0.2, -0.15) is 0 Å². The third-order valence-corrected chi connectivity index (χ3v) is 4.99. The second kappa shape index (κ2) is 7.36. The van der Waals surface area contributed by atoms with Crippen LogP contribution in [0.5, 0.6) is 0 Å². The second-order valence-electron chi connectivity index (χ2n) is 6.89. The minimum Gasteiger partial charge on any atom is -0.437 e. The molecule has 0 N–H and O–H groups in total. The fraction of sp³-hybridized carbons (Fsp3) is 0.333. The maximum absolute atomic E-state index is 12.8. The Morgan fingerprint density at radius 1 is 1.19 bits per heavy atom. The van der Waals surface area contributed by atoms with Gasteiger partial charge in [0.25, 0.3) is 0 Å². The molecule has 2 aromatic carbocycles. The van der Waals surface area contributed by atoms with Crippen LogP contribution in [0.15, 0.2) is 54.6 Å². The first-order chi connectivity index (χ1) is 12.4. The van der Waals surface area contributed by atoms with E-state index in [1.807, 2.05) is 61.5 Å². The molecule has 0 spiro atoms. The number of ketones is 1. The fourth-order valence-electron chi connectivity index (χ4n) is 3.55. The minimum absolute atomic E-state index is 0.00156. The predicted molar refractivity (Wildman–Crippen MR) is 101 cm³/mol. The highest BCUT2D eigenvalue weighted by molar-refractivity contribution is 6.32. The maximum Gasteiger partial charge on any atom is 0.411 e. The van der Waals surface area contributed by atoms with Crippen molar-refractivity contribution >= 4 is 25.2 Å². The van der Waals surface area contributed by atoms with Crippen LogP contribution in [0.1, 0.15) is 43.9 Å². The van der Waals surface area contributed by atoms with E-state index in [1.165, 1.54) is 6.92 Å². The normalized spacial score (nSPS) is 21.2. The smallest absolute Gasteiger partial charge is 0.411 e. The molecule has 4 nitrogen and oxygen atoms in total. The molecule has 1 saturated heterocycles. The molecule has 3 rings (SSSR count). The predicted octanol–water partition coefficient (Wildman–Crippen LogP) is 3.26. The monoisotopic (exact) mass is 347 g/mol. The Kier molecular flexibility index (Phi) is 5.17. The first-order valence-corrected chi connectivity index (χ1v) is 8.81. The van der Waals surface area contributed by atoms with Gasteiger partial charge in [-0.3, -0.25) is 4.79 Å². The Morgan fingerprint density at radius 2 is 1.85 bits per heavy atom. The lowest BCUT2D eigenvalue weighted by Gasteiger charge is -2.43. The highest BCUT2D eigenvalue weighted by Gasteiger charge is 2.44. The van der Waals surface area contributed by atoms with E-state index in [0.29, 0.717) is 18.4 Å². The molecular weight excluding hydrogens is 325 g/mol. The summed E-state index contributed by atoms with van der Waals surface area (Å²) in [5.41, 5.74) is 1.66. The lowest BCUT2D eigenvalue weighted by atomic mass is 9.84. The van der Waals surface area contributed by atoms with Crippen molar-refractivity contribution in [3.05, 3.63) is 65.7 Å². The highest BCUT2D eigenvalue weighted by atomic mass is 16.6. The number of benzene rings is 2. The first-order valence-electron chi connectivity index (χ1n) is 8.81. The van der Waals surface area contributed by atoms with Crippen molar-refractivity contribution < 1.29 is 14.3 Å². The van der Waals surface area contributed by atoms with Gasteiger partial charge in [0, 0.05) is 13.0 Å². The highest BCUT2D eigenvalue weighted by Crippen LogP contribution is 2.39. The van der Waals surface area contributed by atoms with E-state index in [9.17, 15) is 9.59 Å². The van der Waals surface area contributed by atoms with E-state index < -0.39 is 11.7 Å². The first kappa shape index (κ1) is 18.2. The molecule has 0 aliphatic carbocycles. The van der Waals surface area contributed by atoms with Gasteiger partial charge in [0.1, 0.15) is 19.2 Å². The van der Waals surface area contributed by atoms with Gasteiger partial charge in [0.2, 0.25) is 0 Å². The number of ether oxygens (including phenoxy) is 1. The number of nitrogens with zero attached hydrogens (tertiary/aromatic N) is 1. The van der Waals surface area contributed by atoms with Crippen LogP contribution >= 0.6 is 0 Å². The van der Waals surface area contributed by atoms with Crippen molar-refractivity contribution in [1.82, 2.24) is 4.90 Å². The van der Waals surface area contributed by atoms with E-state index in [0.717, 1.165) is 11.1 Å². The van der Waals surface area contributed by atoms with E-state index in [1.54, 1.807) is 4.90 Å². The van der Waals surface area contributed by atoms with Crippen LogP contribution < -0.4 is 5.46 Å². The Balaban J connectivity index is 1.84. The summed E-state index contributed by atoms with van der Waals surface area (Å²) in [6.45, 7) is 4.02. The topological polar surface area (TPSA) is 46.6 Å². The number of hydrogen-bond donors (Lipinski definition) is 0. The van der Waals surface area contributed by atoms with Crippen molar-refractivity contribution in [3.63, 3.8) is 0 Å². The Hall–Kier alpha value is -2.56. The van der Waals surface area contributed by atoms with Crippen LogP contribution in [0, 0.1) is 0 Å².